The Labute approximate surface area is 71.6 Å². The maximum Gasteiger partial charge on any atom is 0.137 e. The van der Waals surface area contributed by atoms with Gasteiger partial charge in [-0.3, -0.25) is 0 Å². The fourth-order valence-electron chi connectivity index (χ4n) is 1.39. The average molecular weight is 160 g/mol. The molecule has 0 aromatic carbocycles. The molecule has 2 aromatic rings. The third-order valence-corrected chi connectivity index (χ3v) is 2.18. The van der Waals surface area contributed by atoms with Gasteiger partial charge >= 0.3 is 0 Å². The van der Waals surface area contributed by atoms with Gasteiger partial charge in [-0.25, -0.2) is 4.98 Å². The van der Waals surface area contributed by atoms with Crippen molar-refractivity contribution >= 4 is 11.0 Å². The molecule has 0 spiro atoms. The number of fused-ring (bicyclic) bond motifs is 1. The Kier molecular flexibility index (Phi) is 1.43. The predicted octanol–water partition coefficient (Wildman–Crippen LogP) is 2.49. The summed E-state index contributed by atoms with van der Waals surface area (Å²) in [6.45, 7) is 6.17. The van der Waals surface area contributed by atoms with Crippen LogP contribution in [0.2, 0.25) is 0 Å². The van der Waals surface area contributed by atoms with E-state index in [-0.39, 0.29) is 0 Å². The third kappa shape index (κ3) is 0.998. The summed E-state index contributed by atoms with van der Waals surface area (Å²) in [5.41, 5.74) is 4.52. The molecule has 0 radical (unpaired) electrons. The van der Waals surface area contributed by atoms with E-state index in [0.29, 0.717) is 0 Å². The van der Waals surface area contributed by atoms with Crippen molar-refractivity contribution in [3.05, 3.63) is 29.1 Å². The van der Waals surface area contributed by atoms with E-state index in [2.05, 4.69) is 29.0 Å². The zero-order valence-corrected chi connectivity index (χ0v) is 7.60. The molecule has 0 fully saturated rings. The molecule has 0 unspecified atom stereocenters. The minimum Gasteiger partial charge on any atom is -0.344 e. The summed E-state index contributed by atoms with van der Waals surface area (Å²) in [5.74, 6) is 0. The number of hydrogen-bond acceptors (Lipinski definition) is 1. The quantitative estimate of drug-likeness (QED) is 0.630. The van der Waals surface area contributed by atoms with Crippen molar-refractivity contribution in [1.82, 2.24) is 9.97 Å². The molecule has 0 saturated carbocycles. The molecule has 2 nitrogen and oxygen atoms in total. The molecule has 0 atom stereocenters. The molecule has 2 rings (SSSR count). The van der Waals surface area contributed by atoms with Crippen molar-refractivity contribution in [1.29, 1.82) is 0 Å². The van der Waals surface area contributed by atoms with Gasteiger partial charge in [0.2, 0.25) is 0 Å². The zero-order chi connectivity index (χ0) is 8.72. The standard InChI is InChI=1S/C10H12N2/c1-6-4-9-5-7(2)11-10(9)12-8(6)3/h4-5H,1-3H3,(H,11,12). The second-order valence-electron chi connectivity index (χ2n) is 3.28. The van der Waals surface area contributed by atoms with Gasteiger partial charge in [0.1, 0.15) is 5.65 Å². The first kappa shape index (κ1) is 7.35. The largest absolute Gasteiger partial charge is 0.344 e. The number of rotatable bonds is 0. The summed E-state index contributed by atoms with van der Waals surface area (Å²) in [6.07, 6.45) is 0. The highest BCUT2D eigenvalue weighted by atomic mass is 14.9. The summed E-state index contributed by atoms with van der Waals surface area (Å²) in [5, 5.41) is 1.20. The highest BCUT2D eigenvalue weighted by Gasteiger charge is 2.00. The first-order chi connectivity index (χ1) is 5.66. The van der Waals surface area contributed by atoms with Crippen molar-refractivity contribution in [2.75, 3.05) is 0 Å². The van der Waals surface area contributed by atoms with E-state index in [0.717, 1.165) is 11.3 Å². The molecule has 0 aliphatic carbocycles. The van der Waals surface area contributed by atoms with Gasteiger partial charge in [-0.2, -0.15) is 0 Å². The van der Waals surface area contributed by atoms with Crippen molar-refractivity contribution in [2.45, 2.75) is 20.8 Å². The van der Waals surface area contributed by atoms with Crippen LogP contribution in [-0.2, 0) is 0 Å². The normalized spacial score (nSPS) is 10.9. The fraction of sp³-hybridized carbons (Fsp3) is 0.300. The van der Waals surface area contributed by atoms with Crippen LogP contribution >= 0.6 is 0 Å². The van der Waals surface area contributed by atoms with Crippen LogP contribution in [0.4, 0.5) is 0 Å². The van der Waals surface area contributed by atoms with E-state index in [4.69, 9.17) is 0 Å². The maximum atomic E-state index is 4.44. The second kappa shape index (κ2) is 2.34. The van der Waals surface area contributed by atoms with E-state index in [1.807, 2.05) is 13.8 Å². The average Bonchev–Trinajstić information content (AvgIpc) is 2.30. The molecular weight excluding hydrogens is 148 g/mol. The zero-order valence-electron chi connectivity index (χ0n) is 7.60. The predicted molar refractivity (Wildman–Crippen MR) is 50.3 cm³/mol. The minimum atomic E-state index is 0.996. The Morgan fingerprint density at radius 1 is 1.17 bits per heavy atom. The molecule has 0 saturated heterocycles. The van der Waals surface area contributed by atoms with E-state index in [9.17, 15) is 0 Å². The molecule has 1 N–H and O–H groups in total. The SMILES string of the molecule is Cc1cc2cc(C)c(C)nc2[nH]1. The molecule has 12 heavy (non-hydrogen) atoms. The smallest absolute Gasteiger partial charge is 0.137 e. The van der Waals surface area contributed by atoms with Crippen molar-refractivity contribution in [2.24, 2.45) is 0 Å². The van der Waals surface area contributed by atoms with Crippen LogP contribution in [0.3, 0.4) is 0 Å². The van der Waals surface area contributed by atoms with E-state index >= 15 is 0 Å². The number of H-pyrrole nitrogens is 1. The van der Waals surface area contributed by atoms with Gasteiger partial charge in [0, 0.05) is 16.8 Å². The van der Waals surface area contributed by atoms with Gasteiger partial charge in [0.25, 0.3) is 0 Å². The molecule has 0 bridgehead atoms. The Balaban J connectivity index is 2.83. The van der Waals surface area contributed by atoms with E-state index in [1.54, 1.807) is 0 Å². The first-order valence-corrected chi connectivity index (χ1v) is 4.10. The number of nitrogens with zero attached hydrogens (tertiary/aromatic N) is 1. The Morgan fingerprint density at radius 3 is 2.67 bits per heavy atom. The Morgan fingerprint density at radius 2 is 1.92 bits per heavy atom. The minimum absolute atomic E-state index is 0.996. The molecule has 2 aromatic heterocycles. The topological polar surface area (TPSA) is 28.7 Å². The lowest BCUT2D eigenvalue weighted by molar-refractivity contribution is 1.16. The summed E-state index contributed by atoms with van der Waals surface area (Å²) < 4.78 is 0. The van der Waals surface area contributed by atoms with Crippen LogP contribution in [0.25, 0.3) is 11.0 Å². The summed E-state index contributed by atoms with van der Waals surface area (Å²) in [6, 6.07) is 4.29. The lowest BCUT2D eigenvalue weighted by Crippen LogP contribution is -1.86. The molecule has 62 valence electrons. The summed E-state index contributed by atoms with van der Waals surface area (Å²) >= 11 is 0. The summed E-state index contributed by atoms with van der Waals surface area (Å²) in [7, 11) is 0. The van der Waals surface area contributed by atoms with Crippen molar-refractivity contribution in [3.8, 4) is 0 Å². The number of aromatic nitrogens is 2. The van der Waals surface area contributed by atoms with Crippen molar-refractivity contribution < 1.29 is 0 Å². The van der Waals surface area contributed by atoms with Crippen LogP contribution in [0.5, 0.6) is 0 Å². The highest BCUT2D eigenvalue weighted by molar-refractivity contribution is 5.77. The van der Waals surface area contributed by atoms with Crippen LogP contribution < -0.4 is 0 Å². The Hall–Kier alpha value is -1.31. The Bertz CT molecular complexity index is 388. The lowest BCUT2D eigenvalue weighted by Gasteiger charge is -1.97. The van der Waals surface area contributed by atoms with Gasteiger partial charge in [0.15, 0.2) is 0 Å². The van der Waals surface area contributed by atoms with Gasteiger partial charge in [-0.1, -0.05) is 0 Å². The third-order valence-electron chi connectivity index (χ3n) is 2.18. The molecule has 0 aliphatic heterocycles. The van der Waals surface area contributed by atoms with Gasteiger partial charge < -0.3 is 4.98 Å². The van der Waals surface area contributed by atoms with Crippen LogP contribution in [-0.4, -0.2) is 9.97 Å². The number of aromatic amines is 1. The number of nitrogens with one attached hydrogen (secondary N) is 1. The molecule has 0 aliphatic rings. The van der Waals surface area contributed by atoms with Crippen molar-refractivity contribution in [3.63, 3.8) is 0 Å². The fourth-order valence-corrected chi connectivity index (χ4v) is 1.39. The first-order valence-electron chi connectivity index (χ1n) is 4.10. The lowest BCUT2D eigenvalue weighted by atomic mass is 10.2. The van der Waals surface area contributed by atoms with Gasteiger partial charge in [-0.05, 0) is 38.5 Å². The number of hydrogen-bond donors (Lipinski definition) is 1. The highest BCUT2D eigenvalue weighted by Crippen LogP contribution is 2.16. The van der Waals surface area contributed by atoms with Gasteiger partial charge in [0.05, 0.1) is 0 Å². The van der Waals surface area contributed by atoms with E-state index < -0.39 is 0 Å². The van der Waals surface area contributed by atoms with E-state index in [1.165, 1.54) is 16.6 Å². The molecule has 0 amide bonds. The van der Waals surface area contributed by atoms with Crippen LogP contribution in [0.15, 0.2) is 12.1 Å². The number of pyridine rings is 1. The maximum absolute atomic E-state index is 4.44. The van der Waals surface area contributed by atoms with Gasteiger partial charge in [-0.15, -0.1) is 0 Å². The number of aryl methyl sites for hydroxylation is 3. The second-order valence-corrected chi connectivity index (χ2v) is 3.28. The molecular formula is C10H12N2. The van der Waals surface area contributed by atoms with Crippen LogP contribution in [0, 0.1) is 20.8 Å². The summed E-state index contributed by atoms with van der Waals surface area (Å²) in [4.78, 5) is 7.66. The monoisotopic (exact) mass is 160 g/mol. The molecule has 2 heteroatoms. The van der Waals surface area contributed by atoms with Crippen LogP contribution in [0.1, 0.15) is 17.0 Å². The molecule has 2 heterocycles.